The lowest BCUT2D eigenvalue weighted by atomic mass is 10.3. The van der Waals surface area contributed by atoms with E-state index >= 15 is 0 Å². The van der Waals surface area contributed by atoms with Crippen LogP contribution in [0.1, 0.15) is 30.9 Å². The maximum atomic E-state index is 12.6. The summed E-state index contributed by atoms with van der Waals surface area (Å²) >= 11 is 0. The van der Waals surface area contributed by atoms with E-state index in [9.17, 15) is 8.42 Å². The third-order valence-corrected chi connectivity index (χ3v) is 5.02. The van der Waals surface area contributed by atoms with E-state index in [1.165, 1.54) is 6.20 Å². The van der Waals surface area contributed by atoms with Crippen LogP contribution in [-0.4, -0.2) is 28.0 Å². The van der Waals surface area contributed by atoms with Gasteiger partial charge < -0.3 is 0 Å². The van der Waals surface area contributed by atoms with Crippen LogP contribution in [0.25, 0.3) is 0 Å². The molecule has 2 heterocycles. The third-order valence-electron chi connectivity index (χ3n) is 3.56. The topological polar surface area (TPSA) is 81.8 Å². The summed E-state index contributed by atoms with van der Waals surface area (Å²) in [4.78, 5) is 0.201. The van der Waals surface area contributed by atoms with Crippen LogP contribution in [-0.2, 0) is 23.1 Å². The van der Waals surface area contributed by atoms with Gasteiger partial charge in [0.15, 0.2) is 0 Å². The molecule has 0 bridgehead atoms. The van der Waals surface area contributed by atoms with E-state index in [2.05, 4.69) is 14.9 Å². The van der Waals surface area contributed by atoms with Gasteiger partial charge in [-0.15, -0.1) is 0 Å². The highest BCUT2D eigenvalue weighted by molar-refractivity contribution is 7.92. The number of aryl methyl sites for hydroxylation is 3. The molecule has 0 saturated heterocycles. The number of anilines is 1. The normalized spacial score (nSPS) is 11.9. The van der Waals surface area contributed by atoms with Crippen LogP contribution in [0.4, 0.5) is 5.69 Å². The van der Waals surface area contributed by atoms with Crippen LogP contribution in [0.2, 0.25) is 0 Å². The molecular weight excluding hydrogens is 290 g/mol. The van der Waals surface area contributed by atoms with Crippen molar-refractivity contribution in [2.24, 2.45) is 0 Å². The predicted octanol–water partition coefficient (Wildman–Crippen LogP) is 1.85. The van der Waals surface area contributed by atoms with Gasteiger partial charge in [0, 0.05) is 13.1 Å². The van der Waals surface area contributed by atoms with Crippen molar-refractivity contribution in [1.82, 2.24) is 19.6 Å². The Hall–Kier alpha value is -1.83. The van der Waals surface area contributed by atoms with E-state index in [0.717, 1.165) is 5.69 Å². The van der Waals surface area contributed by atoms with Crippen LogP contribution < -0.4 is 4.72 Å². The molecule has 0 aliphatic carbocycles. The fourth-order valence-electron chi connectivity index (χ4n) is 2.35. The average Bonchev–Trinajstić information content (AvgIpc) is 2.93. The molecule has 0 aromatic carbocycles. The Morgan fingerprint density at radius 1 is 1.10 bits per heavy atom. The van der Waals surface area contributed by atoms with Crippen molar-refractivity contribution >= 4 is 15.7 Å². The maximum Gasteiger partial charge on any atom is 0.265 e. The molecule has 0 fully saturated rings. The van der Waals surface area contributed by atoms with Crippen LogP contribution >= 0.6 is 0 Å². The number of aromatic nitrogens is 4. The fourth-order valence-corrected chi connectivity index (χ4v) is 3.71. The van der Waals surface area contributed by atoms with Crippen LogP contribution in [0.15, 0.2) is 11.1 Å². The number of sulfonamides is 1. The monoisotopic (exact) mass is 311 g/mol. The molecule has 21 heavy (non-hydrogen) atoms. The second kappa shape index (κ2) is 5.51. The molecule has 0 saturated carbocycles. The maximum absolute atomic E-state index is 12.6. The minimum atomic E-state index is -3.66. The van der Waals surface area contributed by atoms with Crippen molar-refractivity contribution in [2.75, 3.05) is 4.72 Å². The van der Waals surface area contributed by atoms with E-state index in [1.807, 2.05) is 20.8 Å². The Balaban J connectivity index is 2.42. The van der Waals surface area contributed by atoms with Crippen LogP contribution in [0.3, 0.4) is 0 Å². The number of nitrogens with zero attached hydrogens (tertiary/aromatic N) is 4. The Labute approximate surface area is 125 Å². The van der Waals surface area contributed by atoms with Gasteiger partial charge in [0.2, 0.25) is 0 Å². The van der Waals surface area contributed by atoms with Crippen LogP contribution in [0.5, 0.6) is 0 Å². The highest BCUT2D eigenvalue weighted by Gasteiger charge is 2.23. The van der Waals surface area contributed by atoms with Crippen molar-refractivity contribution in [3.8, 4) is 0 Å². The molecule has 0 aliphatic rings. The minimum Gasteiger partial charge on any atom is -0.276 e. The standard InChI is InChI=1S/C13H21N5O2S/c1-6-17-10(4)12(8-14-17)21(19,20)16-13-9(3)15-18(7-2)11(13)5/h8,16H,6-7H2,1-5H3. The largest absolute Gasteiger partial charge is 0.276 e. The molecule has 0 aliphatic heterocycles. The van der Waals surface area contributed by atoms with Crippen molar-refractivity contribution in [2.45, 2.75) is 52.6 Å². The summed E-state index contributed by atoms with van der Waals surface area (Å²) in [7, 11) is -3.66. The Bertz CT molecular complexity index is 758. The molecule has 8 heteroatoms. The van der Waals surface area contributed by atoms with E-state index in [-0.39, 0.29) is 4.90 Å². The molecule has 0 atom stereocenters. The fraction of sp³-hybridized carbons (Fsp3) is 0.538. The zero-order valence-electron chi connectivity index (χ0n) is 13.0. The van der Waals surface area contributed by atoms with Crippen molar-refractivity contribution in [3.05, 3.63) is 23.3 Å². The van der Waals surface area contributed by atoms with Gasteiger partial charge in [0.25, 0.3) is 10.0 Å². The second-order valence-electron chi connectivity index (χ2n) is 4.88. The predicted molar refractivity (Wildman–Crippen MR) is 80.8 cm³/mol. The lowest BCUT2D eigenvalue weighted by Crippen LogP contribution is -2.15. The number of hydrogen-bond acceptors (Lipinski definition) is 4. The first-order valence-corrected chi connectivity index (χ1v) is 8.39. The van der Waals surface area contributed by atoms with Crippen molar-refractivity contribution < 1.29 is 8.42 Å². The van der Waals surface area contributed by atoms with Gasteiger partial charge in [0.1, 0.15) is 4.90 Å². The molecule has 7 nitrogen and oxygen atoms in total. The van der Waals surface area contributed by atoms with Gasteiger partial charge >= 0.3 is 0 Å². The molecular formula is C13H21N5O2S. The zero-order valence-corrected chi connectivity index (χ0v) is 13.8. The first-order valence-electron chi connectivity index (χ1n) is 6.91. The average molecular weight is 311 g/mol. The van der Waals surface area contributed by atoms with E-state index in [4.69, 9.17) is 0 Å². The van der Waals surface area contributed by atoms with Gasteiger partial charge in [-0.05, 0) is 34.6 Å². The zero-order chi connectivity index (χ0) is 15.8. The molecule has 0 unspecified atom stereocenters. The number of rotatable bonds is 5. The van der Waals surface area contributed by atoms with Crippen LogP contribution in [0, 0.1) is 20.8 Å². The molecule has 0 radical (unpaired) electrons. The quantitative estimate of drug-likeness (QED) is 0.913. The molecule has 0 spiro atoms. The highest BCUT2D eigenvalue weighted by atomic mass is 32.2. The van der Waals surface area contributed by atoms with Gasteiger partial charge in [-0.3, -0.25) is 14.1 Å². The summed E-state index contributed by atoms with van der Waals surface area (Å²) in [6.45, 7) is 10.6. The molecule has 0 amide bonds. The first-order chi connectivity index (χ1) is 9.81. The summed E-state index contributed by atoms with van der Waals surface area (Å²) in [5.74, 6) is 0. The Morgan fingerprint density at radius 2 is 1.71 bits per heavy atom. The van der Waals surface area contributed by atoms with E-state index < -0.39 is 10.0 Å². The number of nitrogens with one attached hydrogen (secondary N) is 1. The lowest BCUT2D eigenvalue weighted by Gasteiger charge is -2.08. The van der Waals surface area contributed by atoms with Crippen molar-refractivity contribution in [1.29, 1.82) is 0 Å². The SMILES string of the molecule is CCn1ncc(S(=O)(=O)Nc2c(C)nn(CC)c2C)c1C. The number of hydrogen-bond donors (Lipinski definition) is 1. The molecule has 2 aromatic heterocycles. The lowest BCUT2D eigenvalue weighted by molar-refractivity contribution is 0.598. The van der Waals surface area contributed by atoms with Gasteiger partial charge in [0.05, 0.1) is 29.0 Å². The second-order valence-corrected chi connectivity index (χ2v) is 6.53. The van der Waals surface area contributed by atoms with Gasteiger partial charge in [-0.1, -0.05) is 0 Å². The Kier molecular flexibility index (Phi) is 4.08. The third kappa shape index (κ3) is 2.67. The summed E-state index contributed by atoms with van der Waals surface area (Å²) in [6, 6.07) is 0. The Morgan fingerprint density at radius 3 is 2.19 bits per heavy atom. The van der Waals surface area contributed by atoms with Gasteiger partial charge in [-0.25, -0.2) is 8.42 Å². The first kappa shape index (κ1) is 15.6. The molecule has 2 rings (SSSR count). The molecule has 2 aromatic rings. The molecule has 116 valence electrons. The van der Waals surface area contributed by atoms with Crippen molar-refractivity contribution in [3.63, 3.8) is 0 Å². The smallest absolute Gasteiger partial charge is 0.265 e. The van der Waals surface area contributed by atoms with E-state index in [1.54, 1.807) is 23.2 Å². The molecule has 1 N–H and O–H groups in total. The van der Waals surface area contributed by atoms with E-state index in [0.29, 0.717) is 30.2 Å². The summed E-state index contributed by atoms with van der Waals surface area (Å²) in [5.41, 5.74) is 2.64. The summed E-state index contributed by atoms with van der Waals surface area (Å²) in [6.07, 6.45) is 1.38. The summed E-state index contributed by atoms with van der Waals surface area (Å²) in [5, 5.41) is 8.40. The minimum absolute atomic E-state index is 0.201. The van der Waals surface area contributed by atoms with Gasteiger partial charge in [-0.2, -0.15) is 10.2 Å². The summed E-state index contributed by atoms with van der Waals surface area (Å²) < 4.78 is 31.2. The highest BCUT2D eigenvalue weighted by Crippen LogP contribution is 2.24.